The molecule has 3 heteroatoms. The lowest BCUT2D eigenvalue weighted by atomic mass is 10.2. The molecule has 0 fully saturated rings. The van der Waals surface area contributed by atoms with Gasteiger partial charge in [0.25, 0.3) is 0 Å². The van der Waals surface area contributed by atoms with E-state index in [1.165, 1.54) is 0 Å². The van der Waals surface area contributed by atoms with Gasteiger partial charge in [-0.05, 0) is 36.3 Å². The fraction of sp³-hybridized carbons (Fsp3) is 0.0714. The van der Waals surface area contributed by atoms with Gasteiger partial charge in [0.2, 0.25) is 0 Å². The molecule has 2 rings (SSSR count). The third-order valence-corrected chi connectivity index (χ3v) is 2.21. The largest absolute Gasteiger partial charge is 0.497 e. The van der Waals surface area contributed by atoms with Crippen LogP contribution < -0.4 is 10.5 Å². The van der Waals surface area contributed by atoms with E-state index in [9.17, 15) is 0 Å². The number of ether oxygens (including phenoxy) is 1. The van der Waals surface area contributed by atoms with Crippen molar-refractivity contribution >= 4 is 5.69 Å². The number of hydrogen-bond donors (Lipinski definition) is 1. The molecule has 3 nitrogen and oxygen atoms in total. The molecule has 1 aromatic heterocycles. The Labute approximate surface area is 100 Å². The van der Waals surface area contributed by atoms with E-state index in [4.69, 9.17) is 10.5 Å². The van der Waals surface area contributed by atoms with Crippen LogP contribution in [-0.4, -0.2) is 12.1 Å². The molecule has 0 spiro atoms. The molecule has 84 valence electrons. The highest BCUT2D eigenvalue weighted by Gasteiger charge is 1.93. The summed E-state index contributed by atoms with van der Waals surface area (Å²) in [5.41, 5.74) is 7.91. The predicted molar refractivity (Wildman–Crippen MR) is 67.6 cm³/mol. The highest BCUT2D eigenvalue weighted by Crippen LogP contribution is 2.09. The first kappa shape index (κ1) is 11.0. The summed E-state index contributed by atoms with van der Waals surface area (Å²) in [6, 6.07) is 11.0. The molecule has 0 saturated carbocycles. The highest BCUT2D eigenvalue weighted by molar-refractivity contribution is 5.47. The Kier molecular flexibility index (Phi) is 3.27. The van der Waals surface area contributed by atoms with Gasteiger partial charge in [-0.2, -0.15) is 0 Å². The molecule has 1 aromatic carbocycles. The Morgan fingerprint density at radius 2 is 1.88 bits per heavy atom. The molecule has 2 N–H and O–H groups in total. The second kappa shape index (κ2) is 5.04. The number of hydrogen-bond acceptors (Lipinski definition) is 3. The summed E-state index contributed by atoms with van der Waals surface area (Å²) in [6.45, 7) is 0. The highest BCUT2D eigenvalue weighted by atomic mass is 16.5. The molecule has 0 aliphatic rings. The number of anilines is 1. The molecule has 0 amide bonds. The zero-order valence-electron chi connectivity index (χ0n) is 9.47. The van der Waals surface area contributed by atoms with Crippen molar-refractivity contribution in [3.63, 3.8) is 0 Å². The van der Waals surface area contributed by atoms with Crippen LogP contribution in [0.15, 0.2) is 42.6 Å². The minimum absolute atomic E-state index is 0.682. The minimum Gasteiger partial charge on any atom is -0.497 e. The van der Waals surface area contributed by atoms with Crippen LogP contribution >= 0.6 is 0 Å². The molecule has 2 aromatic rings. The summed E-state index contributed by atoms with van der Waals surface area (Å²) in [6.07, 6.45) is 1.67. The predicted octanol–water partition coefficient (Wildman–Crippen LogP) is 2.07. The van der Waals surface area contributed by atoms with Gasteiger partial charge in [0, 0.05) is 23.5 Å². The maximum atomic E-state index is 5.59. The van der Waals surface area contributed by atoms with E-state index >= 15 is 0 Å². The van der Waals surface area contributed by atoms with E-state index in [1.54, 1.807) is 25.4 Å². The average molecular weight is 224 g/mol. The topological polar surface area (TPSA) is 48.1 Å². The van der Waals surface area contributed by atoms with E-state index in [-0.39, 0.29) is 0 Å². The van der Waals surface area contributed by atoms with Gasteiger partial charge in [-0.25, -0.2) is 4.98 Å². The molecule has 0 radical (unpaired) electrons. The number of pyridine rings is 1. The van der Waals surface area contributed by atoms with Crippen LogP contribution in [0.25, 0.3) is 0 Å². The van der Waals surface area contributed by atoms with Crippen LogP contribution in [-0.2, 0) is 0 Å². The standard InChI is InChI=1S/C14H12N2O/c1-17-14-8-9-16-13(10-14)7-4-11-2-5-12(15)6-3-11/h2-3,5-6,8-10H,15H2,1H3. The zero-order chi connectivity index (χ0) is 12.1. The molecule has 0 atom stereocenters. The van der Waals surface area contributed by atoms with Crippen LogP contribution in [0.1, 0.15) is 11.3 Å². The van der Waals surface area contributed by atoms with Crippen molar-refractivity contribution < 1.29 is 4.74 Å². The first-order valence-corrected chi connectivity index (χ1v) is 5.15. The first-order valence-electron chi connectivity index (χ1n) is 5.15. The molecule has 0 bridgehead atoms. The second-order valence-electron chi connectivity index (χ2n) is 3.45. The van der Waals surface area contributed by atoms with E-state index in [1.807, 2.05) is 24.3 Å². The quantitative estimate of drug-likeness (QED) is 0.596. The van der Waals surface area contributed by atoms with E-state index in [0.29, 0.717) is 5.69 Å². The van der Waals surface area contributed by atoms with Crippen LogP contribution in [0.2, 0.25) is 0 Å². The summed E-state index contributed by atoms with van der Waals surface area (Å²) >= 11 is 0. The Morgan fingerprint density at radius 3 is 2.59 bits per heavy atom. The number of nitrogen functional groups attached to an aromatic ring is 1. The van der Waals surface area contributed by atoms with Crippen LogP contribution in [0.5, 0.6) is 5.75 Å². The summed E-state index contributed by atoms with van der Waals surface area (Å²) in [4.78, 5) is 4.14. The summed E-state index contributed by atoms with van der Waals surface area (Å²) < 4.78 is 5.10. The van der Waals surface area contributed by atoms with Crippen LogP contribution in [0.3, 0.4) is 0 Å². The smallest absolute Gasteiger partial charge is 0.123 e. The van der Waals surface area contributed by atoms with E-state index < -0.39 is 0 Å². The Balaban J connectivity index is 2.23. The lowest BCUT2D eigenvalue weighted by Crippen LogP contribution is -1.87. The van der Waals surface area contributed by atoms with Gasteiger partial charge in [0.1, 0.15) is 11.4 Å². The molecule has 0 aliphatic heterocycles. The van der Waals surface area contributed by atoms with Crippen LogP contribution in [0, 0.1) is 11.8 Å². The minimum atomic E-state index is 0.682. The molecule has 0 aliphatic carbocycles. The Hall–Kier alpha value is -2.47. The Morgan fingerprint density at radius 1 is 1.12 bits per heavy atom. The number of benzene rings is 1. The SMILES string of the molecule is COc1ccnc(C#Cc2ccc(N)cc2)c1. The molecular weight excluding hydrogens is 212 g/mol. The molecule has 17 heavy (non-hydrogen) atoms. The average Bonchev–Trinajstić information content (AvgIpc) is 2.38. The van der Waals surface area contributed by atoms with Crippen molar-refractivity contribution in [3.8, 4) is 17.6 Å². The maximum absolute atomic E-state index is 5.59. The van der Waals surface area contributed by atoms with Crippen molar-refractivity contribution in [2.75, 3.05) is 12.8 Å². The van der Waals surface area contributed by atoms with E-state index in [0.717, 1.165) is 17.0 Å². The Bertz CT molecular complexity index is 565. The van der Waals surface area contributed by atoms with Gasteiger partial charge in [-0.3, -0.25) is 0 Å². The number of nitrogens with zero attached hydrogens (tertiary/aromatic N) is 1. The van der Waals surface area contributed by atoms with Gasteiger partial charge in [-0.1, -0.05) is 5.92 Å². The lowest BCUT2D eigenvalue weighted by molar-refractivity contribution is 0.414. The molecule has 0 unspecified atom stereocenters. The summed E-state index contributed by atoms with van der Waals surface area (Å²) in [5, 5.41) is 0. The van der Waals surface area contributed by atoms with Gasteiger partial charge in [0.05, 0.1) is 7.11 Å². The van der Waals surface area contributed by atoms with Crippen molar-refractivity contribution in [3.05, 3.63) is 53.9 Å². The third kappa shape index (κ3) is 2.99. The van der Waals surface area contributed by atoms with Crippen molar-refractivity contribution in [2.45, 2.75) is 0 Å². The van der Waals surface area contributed by atoms with Crippen LogP contribution in [0.4, 0.5) is 5.69 Å². The fourth-order valence-corrected chi connectivity index (χ4v) is 1.31. The second-order valence-corrected chi connectivity index (χ2v) is 3.45. The maximum Gasteiger partial charge on any atom is 0.123 e. The molecule has 0 saturated heterocycles. The normalized spacial score (nSPS) is 9.24. The number of rotatable bonds is 1. The first-order chi connectivity index (χ1) is 8.28. The summed E-state index contributed by atoms with van der Waals surface area (Å²) in [7, 11) is 1.62. The molecular formula is C14H12N2O. The van der Waals surface area contributed by atoms with E-state index in [2.05, 4.69) is 16.8 Å². The zero-order valence-corrected chi connectivity index (χ0v) is 9.47. The van der Waals surface area contributed by atoms with Crippen molar-refractivity contribution in [1.82, 2.24) is 4.98 Å². The van der Waals surface area contributed by atoms with Gasteiger partial charge >= 0.3 is 0 Å². The monoisotopic (exact) mass is 224 g/mol. The number of aromatic nitrogens is 1. The van der Waals surface area contributed by atoms with Crippen molar-refractivity contribution in [1.29, 1.82) is 0 Å². The van der Waals surface area contributed by atoms with Gasteiger partial charge < -0.3 is 10.5 Å². The van der Waals surface area contributed by atoms with Gasteiger partial charge in [0.15, 0.2) is 0 Å². The number of methoxy groups -OCH3 is 1. The number of nitrogens with two attached hydrogens (primary N) is 1. The van der Waals surface area contributed by atoms with Crippen molar-refractivity contribution in [2.24, 2.45) is 0 Å². The molecule has 1 heterocycles. The fourth-order valence-electron chi connectivity index (χ4n) is 1.31. The summed E-state index contributed by atoms with van der Waals surface area (Å²) in [5.74, 6) is 6.74. The third-order valence-electron chi connectivity index (χ3n) is 2.21. The van der Waals surface area contributed by atoms with Gasteiger partial charge in [-0.15, -0.1) is 0 Å². The lowest BCUT2D eigenvalue weighted by Gasteiger charge is -1.97.